The van der Waals surface area contributed by atoms with Gasteiger partial charge in [-0.3, -0.25) is 29.4 Å². The summed E-state index contributed by atoms with van der Waals surface area (Å²) >= 11 is 6.05. The number of methoxy groups -OCH3 is 2. The molecule has 0 bridgehead atoms. The van der Waals surface area contributed by atoms with Crippen molar-refractivity contribution >= 4 is 46.0 Å². The largest absolute Gasteiger partial charge is 0.493 e. The predicted octanol–water partition coefficient (Wildman–Crippen LogP) is 4.24. The van der Waals surface area contributed by atoms with Crippen LogP contribution in [0.3, 0.4) is 0 Å². The van der Waals surface area contributed by atoms with Gasteiger partial charge in [0.25, 0.3) is 17.5 Å². The Labute approximate surface area is 229 Å². The first-order valence-electron chi connectivity index (χ1n) is 11.5. The van der Waals surface area contributed by atoms with Crippen molar-refractivity contribution in [2.75, 3.05) is 20.8 Å². The van der Waals surface area contributed by atoms with E-state index in [4.69, 9.17) is 30.2 Å². The third-order valence-electron chi connectivity index (χ3n) is 6.13. The average molecular weight is 565 g/mol. The molecule has 0 atom stereocenters. The van der Waals surface area contributed by atoms with Crippen LogP contribution >= 0.6 is 11.6 Å². The van der Waals surface area contributed by atoms with Crippen LogP contribution in [0.1, 0.15) is 20.7 Å². The van der Waals surface area contributed by atoms with Crippen molar-refractivity contribution in [2.45, 2.75) is 0 Å². The highest BCUT2D eigenvalue weighted by atomic mass is 35.5. The number of benzene rings is 3. The summed E-state index contributed by atoms with van der Waals surface area (Å²) in [6.45, 7) is -0.929. The van der Waals surface area contributed by atoms with Crippen LogP contribution in [0.2, 0.25) is 5.02 Å². The summed E-state index contributed by atoms with van der Waals surface area (Å²) < 4.78 is 21.9. The second kappa shape index (κ2) is 10.2. The molecule has 2 amide bonds. The number of carbonyl (C=O) groups excluding carboxylic acids is 3. The maximum absolute atomic E-state index is 13.5. The van der Waals surface area contributed by atoms with Gasteiger partial charge in [0.2, 0.25) is 11.2 Å². The summed E-state index contributed by atoms with van der Waals surface area (Å²) in [4.78, 5) is 63.3. The zero-order chi connectivity index (χ0) is 28.7. The van der Waals surface area contributed by atoms with Crippen LogP contribution in [0.4, 0.5) is 5.69 Å². The molecule has 5 rings (SSSR count). The van der Waals surface area contributed by atoms with Crippen molar-refractivity contribution in [1.82, 2.24) is 4.90 Å². The standard InChI is InChI=1S/C27H17ClN2O10/c1-37-19-8-6-13(10-20(19)38-2)24-25(23(32)16-11-14(28)7-9-18(16)39-24)40-21(31)12-29-26(33)15-4-3-5-17(30(35)36)22(15)27(29)34/h3-11H,12H2,1-2H3. The van der Waals surface area contributed by atoms with Crippen LogP contribution in [-0.2, 0) is 4.79 Å². The third kappa shape index (κ3) is 4.39. The fraction of sp³-hybridized carbons (Fsp3) is 0.111. The molecule has 12 nitrogen and oxygen atoms in total. The molecule has 0 fully saturated rings. The van der Waals surface area contributed by atoms with Crippen molar-refractivity contribution in [3.05, 3.63) is 91.1 Å². The van der Waals surface area contributed by atoms with E-state index in [9.17, 15) is 29.3 Å². The second-order valence-corrected chi connectivity index (χ2v) is 8.86. The van der Waals surface area contributed by atoms with Gasteiger partial charge in [0.15, 0.2) is 17.3 Å². The molecule has 3 aromatic carbocycles. The van der Waals surface area contributed by atoms with Crippen molar-refractivity contribution in [1.29, 1.82) is 0 Å². The van der Waals surface area contributed by atoms with E-state index in [1.54, 1.807) is 12.1 Å². The summed E-state index contributed by atoms with van der Waals surface area (Å²) in [5.74, 6) is -3.13. The monoisotopic (exact) mass is 564 g/mol. The Hall–Kier alpha value is -5.23. The molecular formula is C27H17ClN2O10. The summed E-state index contributed by atoms with van der Waals surface area (Å²) in [6, 6.07) is 12.5. The lowest BCUT2D eigenvalue weighted by Gasteiger charge is -2.15. The van der Waals surface area contributed by atoms with Gasteiger partial charge in [-0.1, -0.05) is 17.7 Å². The molecule has 13 heteroatoms. The van der Waals surface area contributed by atoms with Gasteiger partial charge < -0.3 is 18.6 Å². The van der Waals surface area contributed by atoms with Gasteiger partial charge in [0.05, 0.1) is 30.1 Å². The van der Waals surface area contributed by atoms with E-state index in [-0.39, 0.29) is 32.9 Å². The number of esters is 1. The molecule has 0 saturated heterocycles. The normalized spacial score (nSPS) is 12.4. The minimum absolute atomic E-state index is 0.0101. The number of nitro benzene ring substituents is 1. The molecule has 0 unspecified atom stereocenters. The number of nitrogens with zero attached hydrogens (tertiary/aromatic N) is 2. The Morgan fingerprint density at radius 3 is 2.45 bits per heavy atom. The van der Waals surface area contributed by atoms with Crippen molar-refractivity contribution in [3.63, 3.8) is 0 Å². The minimum Gasteiger partial charge on any atom is -0.493 e. The predicted molar refractivity (Wildman–Crippen MR) is 140 cm³/mol. The van der Waals surface area contributed by atoms with Crippen LogP contribution in [0, 0.1) is 10.1 Å². The van der Waals surface area contributed by atoms with E-state index in [0.29, 0.717) is 16.4 Å². The van der Waals surface area contributed by atoms with Gasteiger partial charge in [0.1, 0.15) is 17.7 Å². The molecule has 1 aromatic heterocycles. The number of rotatable bonds is 7. The lowest BCUT2D eigenvalue weighted by Crippen LogP contribution is -2.37. The highest BCUT2D eigenvalue weighted by molar-refractivity contribution is 6.31. The number of nitro groups is 1. The molecule has 202 valence electrons. The van der Waals surface area contributed by atoms with Crippen LogP contribution < -0.4 is 19.6 Å². The molecule has 0 N–H and O–H groups in total. The molecule has 1 aliphatic heterocycles. The Kier molecular flexibility index (Phi) is 6.69. The summed E-state index contributed by atoms with van der Waals surface area (Å²) in [6.07, 6.45) is 0. The zero-order valence-electron chi connectivity index (χ0n) is 20.8. The Morgan fingerprint density at radius 1 is 1.00 bits per heavy atom. The third-order valence-corrected chi connectivity index (χ3v) is 6.37. The lowest BCUT2D eigenvalue weighted by molar-refractivity contribution is -0.385. The molecule has 4 aromatic rings. The smallest absolute Gasteiger partial charge is 0.331 e. The van der Waals surface area contributed by atoms with Gasteiger partial charge in [-0.2, -0.15) is 0 Å². The fourth-order valence-electron chi connectivity index (χ4n) is 4.30. The molecule has 0 spiro atoms. The molecular weight excluding hydrogens is 548 g/mol. The first kappa shape index (κ1) is 26.4. The number of amides is 2. The molecule has 40 heavy (non-hydrogen) atoms. The van der Waals surface area contributed by atoms with Crippen LogP contribution in [-0.4, -0.2) is 48.4 Å². The highest BCUT2D eigenvalue weighted by Crippen LogP contribution is 2.37. The summed E-state index contributed by atoms with van der Waals surface area (Å²) in [5, 5.41) is 11.6. The molecule has 0 aliphatic carbocycles. The quantitative estimate of drug-likeness (QED) is 0.138. The SMILES string of the molecule is COc1ccc(-c2oc3ccc(Cl)cc3c(=O)c2OC(=O)CN2C(=O)c3cccc([N+](=O)[O-])c3C2=O)cc1OC. The molecule has 0 saturated carbocycles. The van der Waals surface area contributed by atoms with Crippen molar-refractivity contribution < 1.29 is 37.9 Å². The van der Waals surface area contributed by atoms with E-state index < -0.39 is 51.7 Å². The first-order chi connectivity index (χ1) is 19.1. The van der Waals surface area contributed by atoms with Gasteiger partial charge in [-0.15, -0.1) is 0 Å². The Bertz CT molecular complexity index is 1810. The number of hydrogen-bond donors (Lipinski definition) is 0. The summed E-state index contributed by atoms with van der Waals surface area (Å²) in [7, 11) is 2.85. The number of imide groups is 1. The van der Waals surface area contributed by atoms with E-state index in [1.807, 2.05) is 0 Å². The van der Waals surface area contributed by atoms with E-state index in [0.717, 1.165) is 6.07 Å². The lowest BCUT2D eigenvalue weighted by atomic mass is 10.1. The zero-order valence-corrected chi connectivity index (χ0v) is 21.5. The Balaban J connectivity index is 1.55. The number of ether oxygens (including phenoxy) is 3. The van der Waals surface area contributed by atoms with Crippen molar-refractivity contribution in [3.8, 4) is 28.6 Å². The topological polar surface area (TPSA) is 155 Å². The highest BCUT2D eigenvalue weighted by Gasteiger charge is 2.42. The molecule has 2 heterocycles. The van der Waals surface area contributed by atoms with Gasteiger partial charge in [-0.05, 0) is 42.5 Å². The van der Waals surface area contributed by atoms with E-state index in [2.05, 4.69) is 0 Å². The maximum atomic E-state index is 13.5. The minimum atomic E-state index is -1.17. The molecule has 0 radical (unpaired) electrons. The van der Waals surface area contributed by atoms with E-state index >= 15 is 0 Å². The fourth-order valence-corrected chi connectivity index (χ4v) is 4.47. The number of hydrogen-bond acceptors (Lipinski definition) is 10. The average Bonchev–Trinajstić information content (AvgIpc) is 3.19. The van der Waals surface area contributed by atoms with Gasteiger partial charge >= 0.3 is 5.97 Å². The number of halogens is 1. The molecule has 1 aliphatic rings. The van der Waals surface area contributed by atoms with Crippen LogP contribution in [0.25, 0.3) is 22.3 Å². The van der Waals surface area contributed by atoms with Gasteiger partial charge in [0, 0.05) is 16.7 Å². The first-order valence-corrected chi connectivity index (χ1v) is 11.9. The maximum Gasteiger partial charge on any atom is 0.331 e. The number of carbonyl (C=O) groups is 3. The Morgan fingerprint density at radius 2 is 1.75 bits per heavy atom. The summed E-state index contributed by atoms with van der Waals surface area (Å²) in [5.41, 5.74) is -1.55. The van der Waals surface area contributed by atoms with E-state index in [1.165, 1.54) is 50.6 Å². The van der Waals surface area contributed by atoms with Crippen molar-refractivity contribution in [2.24, 2.45) is 0 Å². The van der Waals surface area contributed by atoms with Gasteiger partial charge in [-0.25, -0.2) is 4.79 Å². The second-order valence-electron chi connectivity index (χ2n) is 8.43. The van der Waals surface area contributed by atoms with Crippen LogP contribution in [0.5, 0.6) is 17.2 Å². The van der Waals surface area contributed by atoms with Crippen LogP contribution in [0.15, 0.2) is 63.8 Å². The number of fused-ring (bicyclic) bond motifs is 2.